The van der Waals surface area contributed by atoms with Gasteiger partial charge in [-0.3, -0.25) is 10.1 Å². The summed E-state index contributed by atoms with van der Waals surface area (Å²) in [5.74, 6) is 0. The van der Waals surface area contributed by atoms with E-state index in [0.29, 0.717) is 6.54 Å². The Morgan fingerprint density at radius 2 is 1.57 bits per heavy atom. The van der Waals surface area contributed by atoms with Crippen LogP contribution in [0.5, 0.6) is 0 Å². The van der Waals surface area contributed by atoms with Crippen LogP contribution in [0.2, 0.25) is 0 Å². The number of nitro groups is 1. The van der Waals surface area contributed by atoms with Gasteiger partial charge in [0.2, 0.25) is 10.0 Å². The highest BCUT2D eigenvalue weighted by molar-refractivity contribution is 7.89. The first-order valence-corrected chi connectivity index (χ1v) is 11.4. The maximum Gasteiger partial charge on any atom is 0.269 e. The fraction of sp³-hybridized carbons (Fsp3) is 0.381. The molecule has 158 valence electrons. The molecule has 8 nitrogen and oxygen atoms in total. The maximum absolute atomic E-state index is 13.1. The van der Waals surface area contributed by atoms with E-state index < -0.39 is 14.9 Å². The van der Waals surface area contributed by atoms with Crippen molar-refractivity contribution in [3.63, 3.8) is 0 Å². The van der Waals surface area contributed by atoms with Gasteiger partial charge in [0, 0.05) is 37.9 Å². The van der Waals surface area contributed by atoms with Crippen LogP contribution in [0.3, 0.4) is 0 Å². The van der Waals surface area contributed by atoms with Gasteiger partial charge >= 0.3 is 0 Å². The monoisotopic (exact) mass is 429 g/mol. The molecule has 3 rings (SSSR count). The van der Waals surface area contributed by atoms with E-state index in [0.717, 1.165) is 30.8 Å². The van der Waals surface area contributed by atoms with Crippen LogP contribution in [0, 0.1) is 21.4 Å². The normalized spacial score (nSPS) is 14.7. The molecule has 2 aromatic rings. The molecule has 1 aliphatic rings. The number of quaternary nitrogens is 1. The first-order chi connectivity index (χ1) is 14.4. The van der Waals surface area contributed by atoms with Crippen molar-refractivity contribution < 1.29 is 18.2 Å². The van der Waals surface area contributed by atoms with E-state index in [1.54, 1.807) is 36.4 Å². The van der Waals surface area contributed by atoms with Gasteiger partial charge in [-0.2, -0.15) is 9.57 Å². The van der Waals surface area contributed by atoms with Crippen molar-refractivity contribution in [1.82, 2.24) is 4.31 Å². The van der Waals surface area contributed by atoms with Gasteiger partial charge in [0.05, 0.1) is 42.1 Å². The summed E-state index contributed by atoms with van der Waals surface area (Å²) in [4.78, 5) is 11.9. The molecule has 30 heavy (non-hydrogen) atoms. The van der Waals surface area contributed by atoms with Crippen molar-refractivity contribution in [3.05, 3.63) is 58.6 Å². The number of nitrogens with zero attached hydrogens (tertiary/aromatic N) is 3. The van der Waals surface area contributed by atoms with Gasteiger partial charge in [-0.15, -0.1) is 0 Å². The second kappa shape index (κ2) is 9.80. The Balaban J connectivity index is 1.76. The minimum absolute atomic E-state index is 0.00575. The molecule has 1 aliphatic heterocycles. The Bertz CT molecular complexity index is 1010. The molecular formula is C21H25N4O4S+. The average Bonchev–Trinajstić information content (AvgIpc) is 3.27. The smallest absolute Gasteiger partial charge is 0.269 e. The molecular weight excluding hydrogens is 404 g/mol. The van der Waals surface area contributed by atoms with Crippen molar-refractivity contribution in [2.75, 3.05) is 32.7 Å². The van der Waals surface area contributed by atoms with Gasteiger partial charge < -0.3 is 4.90 Å². The first kappa shape index (κ1) is 21.9. The molecule has 9 heteroatoms. The van der Waals surface area contributed by atoms with Crippen molar-refractivity contribution >= 4 is 15.7 Å². The standard InChI is InChI=1S/C21H24N4O4S/c22-12-3-15-24(17-16-23-13-1-2-14-23)30(28,29)21-10-6-19(7-11-21)18-4-8-20(9-5-18)25(26)27/h4-11H,1-3,13-17H2/p+1. The lowest BCUT2D eigenvalue weighted by molar-refractivity contribution is -0.886. The molecule has 2 aromatic carbocycles. The summed E-state index contributed by atoms with van der Waals surface area (Å²) in [5.41, 5.74) is 1.55. The molecule has 1 N–H and O–H groups in total. The minimum atomic E-state index is -3.70. The van der Waals surface area contributed by atoms with Gasteiger partial charge in [-0.1, -0.05) is 12.1 Å². The van der Waals surface area contributed by atoms with Crippen LogP contribution in [0.4, 0.5) is 5.69 Å². The predicted octanol–water partition coefficient (Wildman–Crippen LogP) is 1.84. The third kappa shape index (κ3) is 5.21. The average molecular weight is 430 g/mol. The van der Waals surface area contributed by atoms with E-state index in [1.807, 2.05) is 6.07 Å². The van der Waals surface area contributed by atoms with Crippen molar-refractivity contribution in [3.8, 4) is 17.2 Å². The predicted molar refractivity (Wildman–Crippen MR) is 112 cm³/mol. The molecule has 0 aromatic heterocycles. The molecule has 1 fully saturated rings. The molecule has 0 atom stereocenters. The molecule has 0 bridgehead atoms. The zero-order chi connectivity index (χ0) is 21.6. The van der Waals surface area contributed by atoms with E-state index in [4.69, 9.17) is 5.26 Å². The van der Waals surface area contributed by atoms with E-state index >= 15 is 0 Å². The summed E-state index contributed by atoms with van der Waals surface area (Å²) >= 11 is 0. The topological polar surface area (TPSA) is 109 Å². The number of rotatable bonds is 9. The van der Waals surface area contributed by atoms with Crippen LogP contribution in [-0.4, -0.2) is 50.4 Å². The van der Waals surface area contributed by atoms with Gasteiger partial charge in [-0.25, -0.2) is 8.42 Å². The fourth-order valence-electron chi connectivity index (χ4n) is 3.68. The Labute approximate surface area is 176 Å². The Hall–Kier alpha value is -2.80. The van der Waals surface area contributed by atoms with Crippen molar-refractivity contribution in [2.24, 2.45) is 0 Å². The minimum Gasteiger partial charge on any atom is -0.334 e. The summed E-state index contributed by atoms with van der Waals surface area (Å²) in [6.07, 6.45) is 2.49. The van der Waals surface area contributed by atoms with Gasteiger partial charge in [0.1, 0.15) is 0 Å². The highest BCUT2D eigenvalue weighted by Gasteiger charge is 2.26. The molecule has 0 aliphatic carbocycles. The summed E-state index contributed by atoms with van der Waals surface area (Å²) in [6.45, 7) is 3.44. The fourth-order valence-corrected chi connectivity index (χ4v) is 5.12. The second-order valence-corrected chi connectivity index (χ2v) is 9.29. The number of sulfonamides is 1. The number of non-ortho nitro benzene ring substituents is 1. The van der Waals surface area contributed by atoms with E-state index in [-0.39, 0.29) is 23.5 Å². The van der Waals surface area contributed by atoms with Crippen LogP contribution in [0.1, 0.15) is 19.3 Å². The molecule has 0 unspecified atom stereocenters. The number of nitrogens with one attached hydrogen (secondary N) is 1. The first-order valence-electron chi connectivity index (χ1n) is 9.97. The second-order valence-electron chi connectivity index (χ2n) is 7.35. The summed E-state index contributed by atoms with van der Waals surface area (Å²) in [5, 5.41) is 19.7. The Morgan fingerprint density at radius 3 is 2.10 bits per heavy atom. The third-order valence-corrected chi connectivity index (χ3v) is 7.31. The molecule has 0 amide bonds. The summed E-state index contributed by atoms with van der Waals surface area (Å²) in [6, 6.07) is 14.6. The Kier molecular flexibility index (Phi) is 7.15. The van der Waals surface area contributed by atoms with Crippen molar-refractivity contribution in [1.29, 1.82) is 5.26 Å². The largest absolute Gasteiger partial charge is 0.334 e. The van der Waals surface area contributed by atoms with Crippen LogP contribution < -0.4 is 4.90 Å². The Morgan fingerprint density at radius 1 is 1.00 bits per heavy atom. The van der Waals surface area contributed by atoms with Crippen LogP contribution in [0.15, 0.2) is 53.4 Å². The number of hydrogen-bond acceptors (Lipinski definition) is 5. The maximum atomic E-state index is 13.1. The zero-order valence-electron chi connectivity index (χ0n) is 16.7. The van der Waals surface area contributed by atoms with Gasteiger partial charge in [0.25, 0.3) is 5.69 Å². The highest BCUT2D eigenvalue weighted by Crippen LogP contribution is 2.25. The molecule has 1 heterocycles. The van der Waals surface area contributed by atoms with Crippen molar-refractivity contribution in [2.45, 2.75) is 24.2 Å². The zero-order valence-corrected chi connectivity index (χ0v) is 17.5. The number of hydrogen-bond donors (Lipinski definition) is 1. The quantitative estimate of drug-likeness (QED) is 0.483. The lowest BCUT2D eigenvalue weighted by Crippen LogP contribution is -3.10. The number of benzene rings is 2. The van der Waals surface area contributed by atoms with E-state index in [9.17, 15) is 18.5 Å². The molecule has 0 spiro atoms. The van der Waals surface area contributed by atoms with Gasteiger partial charge in [0.15, 0.2) is 0 Å². The molecule has 1 saturated heterocycles. The third-order valence-electron chi connectivity index (χ3n) is 5.40. The highest BCUT2D eigenvalue weighted by atomic mass is 32.2. The van der Waals surface area contributed by atoms with Crippen LogP contribution >= 0.6 is 0 Å². The lowest BCUT2D eigenvalue weighted by Gasteiger charge is -2.23. The lowest BCUT2D eigenvalue weighted by atomic mass is 10.1. The van der Waals surface area contributed by atoms with E-state index in [2.05, 4.69) is 0 Å². The van der Waals surface area contributed by atoms with Crippen LogP contribution in [-0.2, 0) is 10.0 Å². The van der Waals surface area contributed by atoms with Gasteiger partial charge in [-0.05, 0) is 35.4 Å². The number of nitro benzene ring substituents is 1. The molecule has 0 radical (unpaired) electrons. The summed E-state index contributed by atoms with van der Waals surface area (Å²) in [7, 11) is -3.70. The SMILES string of the molecule is N#CCCN(CC[NH+]1CCCC1)S(=O)(=O)c1ccc(-c2ccc([N+](=O)[O-])cc2)cc1. The molecule has 0 saturated carbocycles. The van der Waals surface area contributed by atoms with Crippen LogP contribution in [0.25, 0.3) is 11.1 Å². The number of likely N-dealkylation sites (tertiary alicyclic amines) is 1. The summed E-state index contributed by atoms with van der Waals surface area (Å²) < 4.78 is 27.7. The number of nitriles is 1. The van der Waals surface area contributed by atoms with E-state index in [1.165, 1.54) is 34.2 Å².